The van der Waals surface area contributed by atoms with Gasteiger partial charge in [-0.3, -0.25) is 9.59 Å². The molecule has 2 aromatic rings. The van der Waals surface area contributed by atoms with Gasteiger partial charge in [0.05, 0.1) is 5.56 Å². The SMILES string of the molecule is CC(C)[C@@H]1C(=O)NCCN1C(=O)c1cnc(-c2ccccc2)nc1. The number of hydrogen-bond acceptors (Lipinski definition) is 4. The molecule has 6 nitrogen and oxygen atoms in total. The molecule has 1 aliphatic heterocycles. The fourth-order valence-electron chi connectivity index (χ4n) is 2.92. The maximum absolute atomic E-state index is 12.8. The highest BCUT2D eigenvalue weighted by Gasteiger charge is 2.35. The molecule has 124 valence electrons. The largest absolute Gasteiger partial charge is 0.353 e. The van der Waals surface area contributed by atoms with Crippen molar-refractivity contribution in [3.8, 4) is 11.4 Å². The van der Waals surface area contributed by atoms with Crippen LogP contribution in [-0.4, -0.2) is 45.8 Å². The molecule has 0 aliphatic carbocycles. The minimum absolute atomic E-state index is 0.0405. The van der Waals surface area contributed by atoms with Gasteiger partial charge < -0.3 is 10.2 Å². The van der Waals surface area contributed by atoms with Crippen molar-refractivity contribution >= 4 is 11.8 Å². The Morgan fingerprint density at radius 3 is 2.50 bits per heavy atom. The number of rotatable bonds is 3. The summed E-state index contributed by atoms with van der Waals surface area (Å²) in [4.78, 5) is 35.1. The Kier molecular flexibility index (Phi) is 4.55. The maximum atomic E-state index is 12.8. The molecule has 1 aromatic carbocycles. The lowest BCUT2D eigenvalue weighted by atomic mass is 9.99. The van der Waals surface area contributed by atoms with Crippen molar-refractivity contribution < 1.29 is 9.59 Å². The quantitative estimate of drug-likeness (QED) is 0.933. The van der Waals surface area contributed by atoms with Crippen LogP contribution in [0.4, 0.5) is 0 Å². The third kappa shape index (κ3) is 3.13. The van der Waals surface area contributed by atoms with E-state index in [1.807, 2.05) is 44.2 Å². The topological polar surface area (TPSA) is 75.2 Å². The van der Waals surface area contributed by atoms with Gasteiger partial charge in [-0.15, -0.1) is 0 Å². The molecule has 3 rings (SSSR count). The van der Waals surface area contributed by atoms with E-state index in [-0.39, 0.29) is 17.7 Å². The lowest BCUT2D eigenvalue weighted by Gasteiger charge is -2.37. The average molecular weight is 324 g/mol. The zero-order valence-electron chi connectivity index (χ0n) is 13.8. The number of nitrogens with one attached hydrogen (secondary N) is 1. The number of piperazine rings is 1. The summed E-state index contributed by atoms with van der Waals surface area (Å²) in [6, 6.07) is 9.13. The Morgan fingerprint density at radius 2 is 1.88 bits per heavy atom. The molecular formula is C18H20N4O2. The Labute approximate surface area is 140 Å². The van der Waals surface area contributed by atoms with E-state index >= 15 is 0 Å². The van der Waals surface area contributed by atoms with Crippen LogP contribution in [0.2, 0.25) is 0 Å². The molecule has 0 bridgehead atoms. The Hall–Kier alpha value is -2.76. The van der Waals surface area contributed by atoms with E-state index in [1.54, 1.807) is 4.90 Å². The van der Waals surface area contributed by atoms with E-state index in [4.69, 9.17) is 0 Å². The van der Waals surface area contributed by atoms with Crippen LogP contribution in [-0.2, 0) is 4.79 Å². The average Bonchev–Trinajstić information content (AvgIpc) is 2.61. The van der Waals surface area contributed by atoms with Crippen LogP contribution < -0.4 is 5.32 Å². The second-order valence-corrected chi connectivity index (χ2v) is 6.14. The fraction of sp³-hybridized carbons (Fsp3) is 0.333. The van der Waals surface area contributed by atoms with Crippen LogP contribution in [0.1, 0.15) is 24.2 Å². The van der Waals surface area contributed by atoms with Gasteiger partial charge in [-0.05, 0) is 5.92 Å². The van der Waals surface area contributed by atoms with E-state index in [1.165, 1.54) is 12.4 Å². The number of carbonyl (C=O) groups excluding carboxylic acids is 2. The highest BCUT2D eigenvalue weighted by molar-refractivity contribution is 5.98. The molecule has 6 heteroatoms. The minimum Gasteiger partial charge on any atom is -0.353 e. The Balaban J connectivity index is 1.83. The van der Waals surface area contributed by atoms with Crippen molar-refractivity contribution in [1.82, 2.24) is 20.2 Å². The smallest absolute Gasteiger partial charge is 0.257 e. The summed E-state index contributed by atoms with van der Waals surface area (Å²) >= 11 is 0. The van der Waals surface area contributed by atoms with Crippen LogP contribution >= 0.6 is 0 Å². The summed E-state index contributed by atoms with van der Waals surface area (Å²) in [6.45, 7) is 4.83. The predicted molar refractivity (Wildman–Crippen MR) is 90.1 cm³/mol. The van der Waals surface area contributed by atoms with Crippen molar-refractivity contribution in [3.63, 3.8) is 0 Å². The third-order valence-corrected chi connectivity index (χ3v) is 4.08. The van der Waals surface area contributed by atoms with Gasteiger partial charge in [0.15, 0.2) is 5.82 Å². The Morgan fingerprint density at radius 1 is 1.21 bits per heavy atom. The van der Waals surface area contributed by atoms with Crippen LogP contribution in [0.15, 0.2) is 42.7 Å². The molecule has 0 radical (unpaired) electrons. The first-order valence-electron chi connectivity index (χ1n) is 8.04. The monoisotopic (exact) mass is 324 g/mol. The highest BCUT2D eigenvalue weighted by atomic mass is 16.2. The zero-order chi connectivity index (χ0) is 17.1. The lowest BCUT2D eigenvalue weighted by Crippen LogP contribution is -2.59. The normalized spacial score (nSPS) is 17.7. The molecular weight excluding hydrogens is 304 g/mol. The Bertz CT molecular complexity index is 728. The predicted octanol–water partition coefficient (Wildman–Crippen LogP) is 1.74. The second-order valence-electron chi connectivity index (χ2n) is 6.14. The van der Waals surface area contributed by atoms with Gasteiger partial charge in [0.25, 0.3) is 5.91 Å². The fourth-order valence-corrected chi connectivity index (χ4v) is 2.92. The molecule has 0 spiro atoms. The molecule has 0 saturated carbocycles. The van der Waals surface area contributed by atoms with Gasteiger partial charge in [-0.25, -0.2) is 9.97 Å². The number of carbonyl (C=O) groups is 2. The summed E-state index contributed by atoms with van der Waals surface area (Å²) in [6.07, 6.45) is 3.06. The van der Waals surface area contributed by atoms with Gasteiger partial charge in [-0.1, -0.05) is 44.2 Å². The number of amides is 2. The van der Waals surface area contributed by atoms with Crippen LogP contribution in [0.5, 0.6) is 0 Å². The van der Waals surface area contributed by atoms with Crippen LogP contribution in [0.25, 0.3) is 11.4 Å². The second kappa shape index (κ2) is 6.78. The van der Waals surface area contributed by atoms with E-state index < -0.39 is 6.04 Å². The number of aromatic nitrogens is 2. The highest BCUT2D eigenvalue weighted by Crippen LogP contribution is 2.18. The molecule has 24 heavy (non-hydrogen) atoms. The molecule has 1 atom stereocenters. The number of benzene rings is 1. The van der Waals surface area contributed by atoms with E-state index in [0.29, 0.717) is 24.5 Å². The van der Waals surface area contributed by atoms with Crippen molar-refractivity contribution in [2.24, 2.45) is 5.92 Å². The van der Waals surface area contributed by atoms with Crippen molar-refractivity contribution in [2.45, 2.75) is 19.9 Å². The van der Waals surface area contributed by atoms with E-state index in [2.05, 4.69) is 15.3 Å². The molecule has 1 saturated heterocycles. The van der Waals surface area contributed by atoms with Gasteiger partial charge in [0.1, 0.15) is 6.04 Å². The first-order valence-corrected chi connectivity index (χ1v) is 8.04. The molecule has 1 aromatic heterocycles. The number of hydrogen-bond donors (Lipinski definition) is 1. The van der Waals surface area contributed by atoms with Gasteiger partial charge >= 0.3 is 0 Å². The molecule has 1 fully saturated rings. The van der Waals surface area contributed by atoms with E-state index in [0.717, 1.165) is 5.56 Å². The molecule has 1 N–H and O–H groups in total. The molecule has 2 amide bonds. The summed E-state index contributed by atoms with van der Waals surface area (Å²) in [5.41, 5.74) is 1.30. The van der Waals surface area contributed by atoms with Gasteiger partial charge in [0.2, 0.25) is 5.91 Å². The van der Waals surface area contributed by atoms with Gasteiger partial charge in [0, 0.05) is 31.0 Å². The first kappa shape index (κ1) is 16.1. The summed E-state index contributed by atoms with van der Waals surface area (Å²) in [7, 11) is 0. The molecule has 1 aliphatic rings. The van der Waals surface area contributed by atoms with Gasteiger partial charge in [-0.2, -0.15) is 0 Å². The molecule has 0 unspecified atom stereocenters. The zero-order valence-corrected chi connectivity index (χ0v) is 13.8. The van der Waals surface area contributed by atoms with E-state index in [9.17, 15) is 9.59 Å². The summed E-state index contributed by atoms with van der Waals surface area (Å²) in [5, 5.41) is 2.82. The maximum Gasteiger partial charge on any atom is 0.257 e. The lowest BCUT2D eigenvalue weighted by molar-refractivity contribution is -0.129. The van der Waals surface area contributed by atoms with Crippen LogP contribution in [0.3, 0.4) is 0 Å². The standard InChI is InChI=1S/C18H20N4O2/c1-12(2)15-17(23)19-8-9-22(15)18(24)14-10-20-16(21-11-14)13-6-4-3-5-7-13/h3-7,10-12,15H,8-9H2,1-2H3,(H,19,23)/t15-/m1/s1. The van der Waals surface area contributed by atoms with Crippen molar-refractivity contribution in [3.05, 3.63) is 48.3 Å². The van der Waals surface area contributed by atoms with Crippen LogP contribution in [0, 0.1) is 5.92 Å². The summed E-state index contributed by atoms with van der Waals surface area (Å²) < 4.78 is 0. The van der Waals surface area contributed by atoms with Crippen molar-refractivity contribution in [2.75, 3.05) is 13.1 Å². The first-order chi connectivity index (χ1) is 11.6. The van der Waals surface area contributed by atoms with Crippen molar-refractivity contribution in [1.29, 1.82) is 0 Å². The third-order valence-electron chi connectivity index (χ3n) is 4.08. The number of nitrogens with zero attached hydrogens (tertiary/aromatic N) is 3. The summed E-state index contributed by atoms with van der Waals surface area (Å²) in [5.74, 6) is 0.303. The molecule has 2 heterocycles. The minimum atomic E-state index is -0.458.